The molecule has 0 N–H and O–H groups in total. The number of pyridine rings is 1. The van der Waals surface area contributed by atoms with Gasteiger partial charge in [-0.3, -0.25) is 4.79 Å². The first kappa shape index (κ1) is 16.9. The zero-order chi connectivity index (χ0) is 17.3. The lowest BCUT2D eigenvalue weighted by Gasteiger charge is -2.41. The fourth-order valence-corrected chi connectivity index (χ4v) is 3.66. The Labute approximate surface area is 143 Å². The van der Waals surface area contributed by atoms with Crippen LogP contribution in [0.2, 0.25) is 0 Å². The maximum absolute atomic E-state index is 12.1. The predicted molar refractivity (Wildman–Crippen MR) is 92.1 cm³/mol. The van der Waals surface area contributed by atoms with E-state index in [1.165, 1.54) is 0 Å². The van der Waals surface area contributed by atoms with Crippen LogP contribution in [0.5, 0.6) is 0 Å². The van der Waals surface area contributed by atoms with Gasteiger partial charge in [0.15, 0.2) is 0 Å². The van der Waals surface area contributed by atoms with Gasteiger partial charge in [0.1, 0.15) is 17.2 Å². The Morgan fingerprint density at radius 3 is 2.71 bits per heavy atom. The van der Waals surface area contributed by atoms with E-state index in [1.807, 2.05) is 26.8 Å². The standard InChI is InChI=1S/C19H26N2O3/c1-19(2,3)24-18(23)14-5-7-17(20-11-14)21-9-8-13-10-16(22)6-4-15(13)12-21/h5,7,11,13,15H,4,6,8-10,12H2,1-3H3/t13-,15-/m1/s1. The second kappa shape index (κ2) is 6.54. The van der Waals surface area contributed by atoms with Crippen molar-refractivity contribution in [2.24, 2.45) is 11.8 Å². The summed E-state index contributed by atoms with van der Waals surface area (Å²) in [5, 5.41) is 0. The number of piperidine rings is 1. The zero-order valence-electron chi connectivity index (χ0n) is 14.7. The number of nitrogens with zero attached hydrogens (tertiary/aromatic N) is 2. The molecule has 130 valence electrons. The molecular formula is C19H26N2O3. The molecule has 5 nitrogen and oxygen atoms in total. The molecule has 0 unspecified atom stereocenters. The topological polar surface area (TPSA) is 59.5 Å². The molecule has 1 aliphatic heterocycles. The molecule has 5 heteroatoms. The van der Waals surface area contributed by atoms with Crippen LogP contribution in [-0.4, -0.2) is 35.4 Å². The lowest BCUT2D eigenvalue weighted by Crippen LogP contribution is -2.43. The number of hydrogen-bond donors (Lipinski definition) is 0. The Kier molecular flexibility index (Phi) is 4.61. The second-order valence-corrected chi connectivity index (χ2v) is 7.94. The molecule has 2 fully saturated rings. The fourth-order valence-electron chi connectivity index (χ4n) is 3.66. The first-order valence-electron chi connectivity index (χ1n) is 8.78. The summed E-state index contributed by atoms with van der Waals surface area (Å²) >= 11 is 0. The molecule has 0 radical (unpaired) electrons. The smallest absolute Gasteiger partial charge is 0.340 e. The Hall–Kier alpha value is -1.91. The highest BCUT2D eigenvalue weighted by atomic mass is 16.6. The molecule has 1 aliphatic carbocycles. The van der Waals surface area contributed by atoms with Gasteiger partial charge in [0.25, 0.3) is 0 Å². The van der Waals surface area contributed by atoms with Crippen LogP contribution >= 0.6 is 0 Å². The SMILES string of the molecule is CC(C)(C)OC(=O)c1ccc(N2CC[C@@H]3CC(=O)CC[C@@H]3C2)nc1. The molecule has 3 rings (SSSR count). The van der Waals surface area contributed by atoms with Crippen LogP contribution in [0.3, 0.4) is 0 Å². The minimum atomic E-state index is -0.504. The van der Waals surface area contributed by atoms with Crippen molar-refractivity contribution in [3.05, 3.63) is 23.9 Å². The molecule has 0 amide bonds. The van der Waals surface area contributed by atoms with Crippen LogP contribution in [0.4, 0.5) is 5.82 Å². The number of hydrogen-bond acceptors (Lipinski definition) is 5. The Balaban J connectivity index is 1.64. The van der Waals surface area contributed by atoms with Gasteiger partial charge in [0.2, 0.25) is 0 Å². The summed E-state index contributed by atoms with van der Waals surface area (Å²) in [5.41, 5.74) is -0.0254. The molecule has 0 spiro atoms. The van der Waals surface area contributed by atoms with Crippen molar-refractivity contribution in [2.75, 3.05) is 18.0 Å². The van der Waals surface area contributed by atoms with Crippen LogP contribution in [0.15, 0.2) is 18.3 Å². The fraction of sp³-hybridized carbons (Fsp3) is 0.632. The van der Waals surface area contributed by atoms with Gasteiger partial charge in [-0.25, -0.2) is 9.78 Å². The monoisotopic (exact) mass is 330 g/mol. The van der Waals surface area contributed by atoms with Crippen molar-refractivity contribution >= 4 is 17.6 Å². The van der Waals surface area contributed by atoms with E-state index in [1.54, 1.807) is 12.3 Å². The molecular weight excluding hydrogens is 304 g/mol. The van der Waals surface area contributed by atoms with E-state index < -0.39 is 5.60 Å². The zero-order valence-corrected chi connectivity index (χ0v) is 14.7. The number of aromatic nitrogens is 1. The van der Waals surface area contributed by atoms with E-state index in [0.29, 0.717) is 23.2 Å². The van der Waals surface area contributed by atoms with Crippen molar-refractivity contribution in [2.45, 2.75) is 52.1 Å². The number of ketones is 1. The number of Topliss-reactive ketones (excluding diaryl/α,β-unsaturated/α-hetero) is 1. The minimum Gasteiger partial charge on any atom is -0.456 e. The summed E-state index contributed by atoms with van der Waals surface area (Å²) in [5.74, 6) is 2.11. The van der Waals surface area contributed by atoms with Crippen LogP contribution in [0.1, 0.15) is 56.8 Å². The number of ether oxygens (including phenoxy) is 1. The second-order valence-electron chi connectivity index (χ2n) is 7.94. The third-order valence-corrected chi connectivity index (χ3v) is 4.88. The molecule has 2 atom stereocenters. The van der Waals surface area contributed by atoms with Crippen molar-refractivity contribution in [1.29, 1.82) is 0 Å². The largest absolute Gasteiger partial charge is 0.456 e. The molecule has 0 aromatic carbocycles. The van der Waals surface area contributed by atoms with E-state index in [0.717, 1.165) is 44.6 Å². The van der Waals surface area contributed by atoms with Gasteiger partial charge in [-0.2, -0.15) is 0 Å². The Morgan fingerprint density at radius 1 is 1.25 bits per heavy atom. The minimum absolute atomic E-state index is 0.342. The molecule has 0 bridgehead atoms. The summed E-state index contributed by atoms with van der Waals surface area (Å²) in [6, 6.07) is 3.68. The summed E-state index contributed by atoms with van der Waals surface area (Å²) in [7, 11) is 0. The highest BCUT2D eigenvalue weighted by Gasteiger charge is 2.34. The van der Waals surface area contributed by atoms with Gasteiger partial charge in [0.05, 0.1) is 5.56 Å². The van der Waals surface area contributed by atoms with Crippen molar-refractivity contribution in [3.8, 4) is 0 Å². The van der Waals surface area contributed by atoms with Gasteiger partial charge in [-0.15, -0.1) is 0 Å². The quantitative estimate of drug-likeness (QED) is 0.779. The third-order valence-electron chi connectivity index (χ3n) is 4.88. The highest BCUT2D eigenvalue weighted by molar-refractivity contribution is 5.89. The van der Waals surface area contributed by atoms with Gasteiger partial charge >= 0.3 is 5.97 Å². The first-order valence-corrected chi connectivity index (χ1v) is 8.78. The predicted octanol–water partition coefficient (Wildman–Crippen LogP) is 3.23. The number of fused-ring (bicyclic) bond motifs is 1. The van der Waals surface area contributed by atoms with E-state index in [9.17, 15) is 9.59 Å². The van der Waals surface area contributed by atoms with E-state index in [4.69, 9.17) is 4.74 Å². The molecule has 24 heavy (non-hydrogen) atoms. The van der Waals surface area contributed by atoms with E-state index in [-0.39, 0.29) is 5.97 Å². The Morgan fingerprint density at radius 2 is 2.04 bits per heavy atom. The Bertz CT molecular complexity index is 618. The third kappa shape index (κ3) is 3.94. The van der Waals surface area contributed by atoms with Crippen LogP contribution in [0, 0.1) is 11.8 Å². The average Bonchev–Trinajstić information content (AvgIpc) is 2.53. The van der Waals surface area contributed by atoms with Crippen molar-refractivity contribution in [1.82, 2.24) is 4.98 Å². The first-order chi connectivity index (χ1) is 11.3. The van der Waals surface area contributed by atoms with Crippen LogP contribution in [0.25, 0.3) is 0 Å². The van der Waals surface area contributed by atoms with Gasteiger partial charge < -0.3 is 9.64 Å². The number of carbonyl (C=O) groups excluding carboxylic acids is 2. The normalized spacial score (nSPS) is 24.5. The van der Waals surface area contributed by atoms with Crippen molar-refractivity contribution < 1.29 is 14.3 Å². The summed E-state index contributed by atoms with van der Waals surface area (Å²) in [6.45, 7) is 7.44. The molecule has 1 saturated carbocycles. The lowest BCUT2D eigenvalue weighted by molar-refractivity contribution is -0.122. The van der Waals surface area contributed by atoms with Crippen molar-refractivity contribution in [3.63, 3.8) is 0 Å². The van der Waals surface area contributed by atoms with E-state index >= 15 is 0 Å². The van der Waals surface area contributed by atoms with Crippen LogP contribution in [-0.2, 0) is 9.53 Å². The van der Waals surface area contributed by atoms with Gasteiger partial charge in [0, 0.05) is 32.1 Å². The number of esters is 1. The summed E-state index contributed by atoms with van der Waals surface area (Å²) in [4.78, 5) is 30.4. The number of rotatable bonds is 2. The molecule has 1 saturated heterocycles. The molecule has 2 heterocycles. The number of anilines is 1. The summed E-state index contributed by atoms with van der Waals surface area (Å²) in [6.07, 6.45) is 5.12. The van der Waals surface area contributed by atoms with Gasteiger partial charge in [-0.05, 0) is 57.6 Å². The van der Waals surface area contributed by atoms with E-state index in [2.05, 4.69) is 9.88 Å². The maximum atomic E-state index is 12.1. The molecule has 2 aliphatic rings. The van der Waals surface area contributed by atoms with Crippen LogP contribution < -0.4 is 4.90 Å². The average molecular weight is 330 g/mol. The molecule has 1 aromatic heterocycles. The van der Waals surface area contributed by atoms with Gasteiger partial charge in [-0.1, -0.05) is 0 Å². The molecule has 1 aromatic rings. The number of carbonyl (C=O) groups is 2. The highest BCUT2D eigenvalue weighted by Crippen LogP contribution is 2.35. The summed E-state index contributed by atoms with van der Waals surface area (Å²) < 4.78 is 5.37. The lowest BCUT2D eigenvalue weighted by atomic mass is 9.74. The maximum Gasteiger partial charge on any atom is 0.340 e.